The summed E-state index contributed by atoms with van der Waals surface area (Å²) < 4.78 is 5.42. The molecule has 1 N–H and O–H groups in total. The van der Waals surface area contributed by atoms with Gasteiger partial charge >= 0.3 is 6.09 Å². The van der Waals surface area contributed by atoms with Crippen molar-refractivity contribution >= 4 is 46.1 Å². The molecule has 1 aliphatic rings. The number of nitrogens with one attached hydrogen (secondary N) is 1. The summed E-state index contributed by atoms with van der Waals surface area (Å²) in [6.07, 6.45) is 2.29. The third-order valence-electron chi connectivity index (χ3n) is 5.79. The lowest BCUT2D eigenvalue weighted by Gasteiger charge is -2.20. The van der Waals surface area contributed by atoms with Crippen LogP contribution in [0.4, 0.5) is 10.5 Å². The molecule has 0 aromatic heterocycles. The molecule has 34 heavy (non-hydrogen) atoms. The first-order valence-electron chi connectivity index (χ1n) is 11.5. The lowest BCUT2D eigenvalue weighted by molar-refractivity contribution is 0.0636. The van der Waals surface area contributed by atoms with Gasteiger partial charge in [0.15, 0.2) is 0 Å². The Hall–Kier alpha value is -2.75. The Morgan fingerprint density at radius 1 is 0.912 bits per heavy atom. The van der Waals surface area contributed by atoms with Crippen molar-refractivity contribution < 1.29 is 9.53 Å². The van der Waals surface area contributed by atoms with Crippen molar-refractivity contribution in [2.75, 3.05) is 5.32 Å². The standard InChI is InChI=1S/C29H29Cl2NO2/c1-18-8-10-19(11-9-18)27-23-15-13-22(32-28(33)34-29(2,3)4)16-20(23)6-5-7-25(27)24-14-12-21(30)17-26(24)31/h8-17H,5-7H2,1-4H3,(H,32,33). The third-order valence-corrected chi connectivity index (χ3v) is 6.34. The van der Waals surface area contributed by atoms with Gasteiger partial charge in [-0.1, -0.05) is 65.2 Å². The highest BCUT2D eigenvalue weighted by Gasteiger charge is 2.23. The van der Waals surface area contributed by atoms with Crippen LogP contribution in [0.25, 0.3) is 11.1 Å². The Morgan fingerprint density at radius 3 is 2.29 bits per heavy atom. The van der Waals surface area contributed by atoms with Crippen molar-refractivity contribution in [3.63, 3.8) is 0 Å². The average molecular weight is 494 g/mol. The van der Waals surface area contributed by atoms with Crippen LogP contribution in [-0.4, -0.2) is 11.7 Å². The summed E-state index contributed by atoms with van der Waals surface area (Å²) >= 11 is 12.9. The van der Waals surface area contributed by atoms with E-state index in [9.17, 15) is 4.79 Å². The number of halogens is 2. The topological polar surface area (TPSA) is 38.3 Å². The van der Waals surface area contributed by atoms with E-state index in [1.54, 1.807) is 6.07 Å². The Balaban J connectivity index is 1.83. The van der Waals surface area contributed by atoms with Crippen LogP contribution in [0, 0.1) is 6.92 Å². The van der Waals surface area contributed by atoms with Gasteiger partial charge in [0.2, 0.25) is 0 Å². The molecule has 0 atom stereocenters. The lowest BCUT2D eigenvalue weighted by atomic mass is 9.87. The van der Waals surface area contributed by atoms with Crippen molar-refractivity contribution in [2.45, 2.75) is 52.6 Å². The van der Waals surface area contributed by atoms with Crippen LogP contribution in [0.5, 0.6) is 0 Å². The Labute approximate surface area is 211 Å². The van der Waals surface area contributed by atoms with Crippen molar-refractivity contribution in [2.24, 2.45) is 0 Å². The highest BCUT2D eigenvalue weighted by molar-refractivity contribution is 6.36. The second-order valence-corrected chi connectivity index (χ2v) is 10.5. The van der Waals surface area contributed by atoms with Gasteiger partial charge in [-0.05, 0) is 105 Å². The molecule has 0 saturated carbocycles. The minimum Gasteiger partial charge on any atom is -0.444 e. The zero-order valence-electron chi connectivity index (χ0n) is 20.0. The van der Waals surface area contributed by atoms with Gasteiger partial charge in [-0.3, -0.25) is 5.32 Å². The molecule has 3 aromatic rings. The molecule has 0 heterocycles. The second kappa shape index (κ2) is 9.85. The largest absolute Gasteiger partial charge is 0.444 e. The molecule has 1 amide bonds. The van der Waals surface area contributed by atoms with E-state index >= 15 is 0 Å². The highest BCUT2D eigenvalue weighted by Crippen LogP contribution is 2.42. The zero-order valence-corrected chi connectivity index (χ0v) is 21.5. The first-order chi connectivity index (χ1) is 16.1. The van der Waals surface area contributed by atoms with E-state index in [0.29, 0.717) is 10.0 Å². The summed E-state index contributed by atoms with van der Waals surface area (Å²) in [6, 6.07) is 20.4. The van der Waals surface area contributed by atoms with Crippen molar-refractivity contribution in [3.8, 4) is 0 Å². The Morgan fingerprint density at radius 2 is 1.62 bits per heavy atom. The number of rotatable bonds is 3. The van der Waals surface area contributed by atoms with E-state index in [-0.39, 0.29) is 0 Å². The molecular weight excluding hydrogens is 465 g/mol. The van der Waals surface area contributed by atoms with Crippen LogP contribution >= 0.6 is 23.2 Å². The molecule has 0 bridgehead atoms. The summed E-state index contributed by atoms with van der Waals surface area (Å²) in [4.78, 5) is 12.3. The van der Waals surface area contributed by atoms with E-state index in [1.807, 2.05) is 39.0 Å². The fourth-order valence-corrected chi connectivity index (χ4v) is 4.86. The summed E-state index contributed by atoms with van der Waals surface area (Å²) in [5, 5.41) is 4.15. The van der Waals surface area contributed by atoms with Crippen LogP contribution in [0.3, 0.4) is 0 Å². The van der Waals surface area contributed by atoms with Crippen LogP contribution in [-0.2, 0) is 11.2 Å². The van der Waals surface area contributed by atoms with Gasteiger partial charge in [-0.25, -0.2) is 4.79 Å². The van der Waals surface area contributed by atoms with E-state index in [0.717, 1.165) is 41.6 Å². The van der Waals surface area contributed by atoms with E-state index < -0.39 is 11.7 Å². The molecule has 176 valence electrons. The number of aryl methyl sites for hydroxylation is 2. The number of hydrogen-bond donors (Lipinski definition) is 1. The van der Waals surface area contributed by atoms with Crippen molar-refractivity contribution in [1.29, 1.82) is 0 Å². The van der Waals surface area contributed by atoms with Crippen LogP contribution in [0.1, 0.15) is 61.4 Å². The molecule has 5 heteroatoms. The predicted octanol–water partition coefficient (Wildman–Crippen LogP) is 8.94. The number of hydrogen-bond acceptors (Lipinski definition) is 2. The average Bonchev–Trinajstić information content (AvgIpc) is 2.92. The summed E-state index contributed by atoms with van der Waals surface area (Å²) in [5.41, 5.74) is 8.24. The molecule has 3 nitrogen and oxygen atoms in total. The van der Waals surface area contributed by atoms with Crippen molar-refractivity contribution in [3.05, 3.63) is 98.5 Å². The number of allylic oxidation sites excluding steroid dienone is 1. The molecule has 0 radical (unpaired) electrons. The van der Waals surface area contributed by atoms with Gasteiger partial charge in [0.05, 0.1) is 0 Å². The molecule has 0 fully saturated rings. The first kappa shape index (κ1) is 24.4. The normalized spacial score (nSPS) is 13.8. The Bertz CT molecular complexity index is 1250. The number of fused-ring (bicyclic) bond motifs is 1. The third kappa shape index (κ3) is 5.65. The minimum atomic E-state index is -0.552. The monoisotopic (exact) mass is 493 g/mol. The molecular formula is C29H29Cl2NO2. The number of benzene rings is 3. The smallest absolute Gasteiger partial charge is 0.412 e. The number of ether oxygens (including phenoxy) is 1. The molecule has 0 spiro atoms. The van der Waals surface area contributed by atoms with E-state index in [4.69, 9.17) is 27.9 Å². The number of carbonyl (C=O) groups excluding carboxylic acids is 1. The predicted molar refractivity (Wildman–Crippen MR) is 143 cm³/mol. The number of carbonyl (C=O) groups is 1. The number of amides is 1. The Kier molecular flexibility index (Phi) is 7.06. The lowest BCUT2D eigenvalue weighted by Crippen LogP contribution is -2.27. The highest BCUT2D eigenvalue weighted by atomic mass is 35.5. The summed E-state index contributed by atoms with van der Waals surface area (Å²) in [6.45, 7) is 7.65. The maximum Gasteiger partial charge on any atom is 0.412 e. The fourth-order valence-electron chi connectivity index (χ4n) is 4.34. The van der Waals surface area contributed by atoms with Crippen LogP contribution < -0.4 is 5.32 Å². The van der Waals surface area contributed by atoms with Gasteiger partial charge < -0.3 is 4.74 Å². The maximum absolute atomic E-state index is 12.3. The van der Waals surface area contributed by atoms with Crippen LogP contribution in [0.2, 0.25) is 10.0 Å². The molecule has 1 aliphatic carbocycles. The van der Waals surface area contributed by atoms with Gasteiger partial charge in [0.1, 0.15) is 5.60 Å². The maximum atomic E-state index is 12.3. The molecule has 3 aromatic carbocycles. The fraction of sp³-hybridized carbons (Fsp3) is 0.276. The second-order valence-electron chi connectivity index (χ2n) is 9.70. The molecule has 0 saturated heterocycles. The van der Waals surface area contributed by atoms with Gasteiger partial charge in [-0.15, -0.1) is 0 Å². The summed E-state index contributed by atoms with van der Waals surface area (Å²) in [5.74, 6) is 0. The SMILES string of the molecule is Cc1ccc(C2=C(c3ccc(Cl)cc3Cl)CCCc3cc(NC(=O)OC(C)(C)C)ccc32)cc1. The van der Waals surface area contributed by atoms with Gasteiger partial charge in [0, 0.05) is 15.7 Å². The first-order valence-corrected chi connectivity index (χ1v) is 12.3. The molecule has 4 rings (SSSR count). The van der Waals surface area contributed by atoms with Gasteiger partial charge in [-0.2, -0.15) is 0 Å². The summed E-state index contributed by atoms with van der Waals surface area (Å²) in [7, 11) is 0. The van der Waals surface area contributed by atoms with Gasteiger partial charge in [0.25, 0.3) is 0 Å². The van der Waals surface area contributed by atoms with Crippen molar-refractivity contribution in [1.82, 2.24) is 0 Å². The van der Waals surface area contributed by atoms with Crippen LogP contribution in [0.15, 0.2) is 60.7 Å². The molecule has 0 unspecified atom stereocenters. The van der Waals surface area contributed by atoms with E-state index in [1.165, 1.54) is 22.3 Å². The zero-order chi connectivity index (χ0) is 24.5. The van der Waals surface area contributed by atoms with E-state index in [2.05, 4.69) is 48.6 Å². The minimum absolute atomic E-state index is 0.455. The molecule has 0 aliphatic heterocycles. The number of anilines is 1. The quantitative estimate of drug-likeness (QED) is 0.395.